The summed E-state index contributed by atoms with van der Waals surface area (Å²) in [5.41, 5.74) is -0.470. The summed E-state index contributed by atoms with van der Waals surface area (Å²) >= 11 is 2.95. The zero-order valence-corrected chi connectivity index (χ0v) is 10.5. The molecule has 0 bridgehead atoms. The summed E-state index contributed by atoms with van der Waals surface area (Å²) < 4.78 is 67.8. The third kappa shape index (κ3) is 2.75. The van der Waals surface area contributed by atoms with Gasteiger partial charge in [-0.25, -0.2) is 8.78 Å². The molecule has 0 saturated heterocycles. The molecule has 1 aromatic heterocycles. The van der Waals surface area contributed by atoms with Gasteiger partial charge in [-0.05, 0) is 12.1 Å². The van der Waals surface area contributed by atoms with E-state index in [1.807, 2.05) is 0 Å². The van der Waals surface area contributed by atoms with Crippen LogP contribution in [0, 0.1) is 11.6 Å². The number of hydrogen-bond donors (Lipinski definition) is 0. The number of hydrogen-bond acceptors (Lipinski definition) is 3. The molecule has 0 aliphatic carbocycles. The number of rotatable bonds is 2. The Kier molecular flexibility index (Phi) is 3.57. The summed E-state index contributed by atoms with van der Waals surface area (Å²) in [5, 5.41) is 3.05. The molecule has 0 radical (unpaired) electrons. The number of nitrogens with zero attached hydrogens (tertiary/aromatic N) is 2. The largest absolute Gasteiger partial charge is 0.471 e. The normalized spacial score (nSPS) is 11.9. The van der Waals surface area contributed by atoms with Crippen LogP contribution < -0.4 is 0 Å². The fraction of sp³-hybridized carbons (Fsp3) is 0.200. The van der Waals surface area contributed by atoms with Crippen molar-refractivity contribution in [3.8, 4) is 11.4 Å². The molecule has 19 heavy (non-hydrogen) atoms. The van der Waals surface area contributed by atoms with Crippen molar-refractivity contribution in [2.75, 3.05) is 0 Å². The third-order valence-corrected chi connectivity index (χ3v) is 2.79. The van der Waals surface area contributed by atoms with Gasteiger partial charge in [0, 0.05) is 10.9 Å². The van der Waals surface area contributed by atoms with Crippen molar-refractivity contribution in [1.82, 2.24) is 10.1 Å². The van der Waals surface area contributed by atoms with Crippen LogP contribution in [0.25, 0.3) is 11.4 Å². The van der Waals surface area contributed by atoms with Gasteiger partial charge in [-0.2, -0.15) is 18.2 Å². The van der Waals surface area contributed by atoms with Gasteiger partial charge in [0.25, 0.3) is 0 Å². The van der Waals surface area contributed by atoms with Crippen molar-refractivity contribution < 1.29 is 26.5 Å². The SMILES string of the molecule is Fc1cc(-c2noc(C(F)(F)F)n2)c(F)cc1CBr. The van der Waals surface area contributed by atoms with Crippen LogP contribution >= 0.6 is 15.9 Å². The van der Waals surface area contributed by atoms with Gasteiger partial charge in [0.2, 0.25) is 5.82 Å². The Bertz CT molecular complexity index is 610. The van der Waals surface area contributed by atoms with E-state index in [2.05, 4.69) is 30.6 Å². The fourth-order valence-electron chi connectivity index (χ4n) is 1.31. The topological polar surface area (TPSA) is 38.9 Å². The first-order valence-electron chi connectivity index (χ1n) is 4.78. The van der Waals surface area contributed by atoms with Crippen molar-refractivity contribution in [3.05, 3.63) is 35.2 Å². The van der Waals surface area contributed by atoms with Gasteiger partial charge in [-0.1, -0.05) is 21.1 Å². The minimum absolute atomic E-state index is 0.0285. The van der Waals surface area contributed by atoms with Crippen LogP contribution in [0.15, 0.2) is 16.7 Å². The Labute approximate surface area is 111 Å². The van der Waals surface area contributed by atoms with Crippen molar-refractivity contribution >= 4 is 15.9 Å². The predicted octanol–water partition coefficient (Wildman–Crippen LogP) is 3.93. The summed E-state index contributed by atoms with van der Waals surface area (Å²) in [7, 11) is 0. The standard InChI is InChI=1S/C10H4BrF5N2O/c11-3-4-1-7(13)5(2-6(4)12)8-17-9(19-18-8)10(14,15)16/h1-2H,3H2. The molecule has 0 fully saturated rings. The molecule has 0 amide bonds. The second kappa shape index (κ2) is 4.87. The van der Waals surface area contributed by atoms with E-state index in [1.165, 1.54) is 0 Å². The summed E-state index contributed by atoms with van der Waals surface area (Å²) in [6.07, 6.45) is -4.84. The maximum Gasteiger partial charge on any atom is 0.471 e. The van der Waals surface area contributed by atoms with Gasteiger partial charge in [0.1, 0.15) is 11.6 Å². The summed E-state index contributed by atoms with van der Waals surface area (Å²) in [6, 6.07) is 1.57. The van der Waals surface area contributed by atoms with Crippen molar-refractivity contribution in [2.45, 2.75) is 11.5 Å². The molecule has 0 aliphatic heterocycles. The van der Waals surface area contributed by atoms with Gasteiger partial charge in [0.15, 0.2) is 0 Å². The average Bonchev–Trinajstić information content (AvgIpc) is 2.80. The second-order valence-electron chi connectivity index (χ2n) is 3.48. The van der Waals surface area contributed by atoms with Crippen molar-refractivity contribution in [1.29, 1.82) is 0 Å². The van der Waals surface area contributed by atoms with Gasteiger partial charge in [-0.3, -0.25) is 0 Å². The molecule has 102 valence electrons. The van der Waals surface area contributed by atoms with Gasteiger partial charge in [-0.15, -0.1) is 0 Å². The van der Waals surface area contributed by atoms with E-state index in [9.17, 15) is 22.0 Å². The highest BCUT2D eigenvalue weighted by molar-refractivity contribution is 9.08. The zero-order valence-electron chi connectivity index (χ0n) is 8.93. The minimum Gasteiger partial charge on any atom is -0.329 e. The van der Waals surface area contributed by atoms with E-state index >= 15 is 0 Å². The molecule has 2 aromatic rings. The van der Waals surface area contributed by atoms with Crippen LogP contribution in [0.2, 0.25) is 0 Å². The lowest BCUT2D eigenvalue weighted by atomic mass is 10.1. The van der Waals surface area contributed by atoms with Gasteiger partial charge < -0.3 is 4.52 Å². The Hall–Kier alpha value is -1.51. The summed E-state index contributed by atoms with van der Waals surface area (Å²) in [5.74, 6) is -4.01. The molecule has 3 nitrogen and oxygen atoms in total. The van der Waals surface area contributed by atoms with Crippen LogP contribution in [0.1, 0.15) is 11.5 Å². The molecular weight excluding hydrogens is 339 g/mol. The molecule has 0 N–H and O–H groups in total. The van der Waals surface area contributed by atoms with Crippen LogP contribution in [-0.4, -0.2) is 10.1 Å². The number of aromatic nitrogens is 2. The first-order valence-corrected chi connectivity index (χ1v) is 5.90. The molecular formula is C10H4BrF5N2O. The lowest BCUT2D eigenvalue weighted by Crippen LogP contribution is -2.05. The quantitative estimate of drug-likeness (QED) is 0.613. The van der Waals surface area contributed by atoms with E-state index in [0.717, 1.165) is 12.1 Å². The Balaban J connectivity index is 2.48. The lowest BCUT2D eigenvalue weighted by molar-refractivity contribution is -0.159. The van der Waals surface area contributed by atoms with Crippen LogP contribution in [-0.2, 0) is 11.5 Å². The second-order valence-corrected chi connectivity index (χ2v) is 4.04. The monoisotopic (exact) mass is 342 g/mol. The van der Waals surface area contributed by atoms with E-state index in [0.29, 0.717) is 0 Å². The van der Waals surface area contributed by atoms with Gasteiger partial charge in [0.05, 0.1) is 5.56 Å². The highest BCUT2D eigenvalue weighted by Gasteiger charge is 2.38. The van der Waals surface area contributed by atoms with E-state index in [1.54, 1.807) is 0 Å². The predicted molar refractivity (Wildman–Crippen MR) is 57.3 cm³/mol. The Morgan fingerprint density at radius 3 is 2.37 bits per heavy atom. The van der Waals surface area contributed by atoms with E-state index in [-0.39, 0.29) is 10.9 Å². The Morgan fingerprint density at radius 1 is 1.16 bits per heavy atom. The fourth-order valence-corrected chi connectivity index (χ4v) is 1.74. The van der Waals surface area contributed by atoms with Crippen molar-refractivity contribution in [3.63, 3.8) is 0 Å². The van der Waals surface area contributed by atoms with E-state index in [4.69, 9.17) is 0 Å². The summed E-state index contributed by atoms with van der Waals surface area (Å²) in [4.78, 5) is 2.99. The molecule has 0 unspecified atom stereocenters. The molecule has 1 heterocycles. The molecule has 1 aromatic carbocycles. The maximum absolute atomic E-state index is 13.6. The number of alkyl halides is 4. The first kappa shape index (κ1) is 13.9. The zero-order chi connectivity index (χ0) is 14.2. The Morgan fingerprint density at radius 2 is 1.84 bits per heavy atom. The highest BCUT2D eigenvalue weighted by Crippen LogP contribution is 2.30. The molecule has 9 heteroatoms. The van der Waals surface area contributed by atoms with Crippen molar-refractivity contribution in [2.24, 2.45) is 0 Å². The maximum atomic E-state index is 13.6. The molecule has 0 saturated carbocycles. The first-order chi connectivity index (χ1) is 8.82. The average molecular weight is 343 g/mol. The van der Waals surface area contributed by atoms with Crippen LogP contribution in [0.3, 0.4) is 0 Å². The van der Waals surface area contributed by atoms with Gasteiger partial charge >= 0.3 is 12.1 Å². The smallest absolute Gasteiger partial charge is 0.329 e. The highest BCUT2D eigenvalue weighted by atomic mass is 79.9. The minimum atomic E-state index is -4.84. The van der Waals surface area contributed by atoms with Crippen LogP contribution in [0.4, 0.5) is 22.0 Å². The molecule has 0 atom stereocenters. The molecule has 0 spiro atoms. The number of halogens is 6. The summed E-state index contributed by atoms with van der Waals surface area (Å²) in [6.45, 7) is 0. The van der Waals surface area contributed by atoms with E-state index < -0.39 is 35.1 Å². The molecule has 2 rings (SSSR count). The number of benzene rings is 1. The lowest BCUT2D eigenvalue weighted by Gasteiger charge is -2.02. The van der Waals surface area contributed by atoms with Crippen LogP contribution in [0.5, 0.6) is 0 Å². The molecule has 0 aliphatic rings. The third-order valence-electron chi connectivity index (χ3n) is 2.19.